The van der Waals surface area contributed by atoms with E-state index in [9.17, 15) is 0 Å². The minimum atomic E-state index is 0.248. The molecular weight excluding hydrogens is 172 g/mol. The Labute approximate surface area is 89.2 Å². The van der Waals surface area contributed by atoms with E-state index in [2.05, 4.69) is 27.7 Å². The van der Waals surface area contributed by atoms with Crippen molar-refractivity contribution in [3.8, 4) is 0 Å². The second kappa shape index (κ2) is 5.16. The maximum absolute atomic E-state index is 6.00. The lowest BCUT2D eigenvalue weighted by Gasteiger charge is -2.31. The van der Waals surface area contributed by atoms with Crippen molar-refractivity contribution < 1.29 is 4.74 Å². The lowest BCUT2D eigenvalue weighted by atomic mass is 9.84. The predicted octanol–water partition coefficient (Wildman–Crippen LogP) is 4.02. The van der Waals surface area contributed by atoms with Gasteiger partial charge in [0, 0.05) is 6.61 Å². The van der Waals surface area contributed by atoms with Gasteiger partial charge in [-0.1, -0.05) is 27.7 Å². The van der Waals surface area contributed by atoms with Crippen molar-refractivity contribution in [2.24, 2.45) is 11.8 Å². The van der Waals surface area contributed by atoms with Crippen LogP contribution in [0.5, 0.6) is 0 Å². The normalized spacial score (nSPS) is 27.9. The quantitative estimate of drug-likeness (QED) is 0.648. The van der Waals surface area contributed by atoms with E-state index in [-0.39, 0.29) is 5.60 Å². The van der Waals surface area contributed by atoms with Gasteiger partial charge >= 0.3 is 0 Å². The fourth-order valence-corrected chi connectivity index (χ4v) is 2.51. The second-order valence-corrected chi connectivity index (χ2v) is 5.67. The van der Waals surface area contributed by atoms with Crippen LogP contribution in [0, 0.1) is 11.8 Å². The first kappa shape index (κ1) is 12.0. The third kappa shape index (κ3) is 3.61. The average Bonchev–Trinajstić information content (AvgIpc) is 2.49. The van der Waals surface area contributed by atoms with Crippen molar-refractivity contribution in [1.82, 2.24) is 0 Å². The van der Waals surface area contributed by atoms with Crippen LogP contribution in [0.4, 0.5) is 0 Å². The molecule has 1 nitrogen and oxygen atoms in total. The molecule has 0 aromatic carbocycles. The van der Waals surface area contributed by atoms with Crippen molar-refractivity contribution in [3.63, 3.8) is 0 Å². The maximum Gasteiger partial charge on any atom is 0.0686 e. The van der Waals surface area contributed by atoms with Gasteiger partial charge < -0.3 is 4.74 Å². The second-order valence-electron chi connectivity index (χ2n) is 5.67. The zero-order chi connectivity index (χ0) is 10.6. The zero-order valence-electron chi connectivity index (χ0n) is 10.3. The molecular formula is C13H26O. The van der Waals surface area contributed by atoms with Gasteiger partial charge in [0.1, 0.15) is 0 Å². The van der Waals surface area contributed by atoms with Crippen LogP contribution in [0.15, 0.2) is 0 Å². The van der Waals surface area contributed by atoms with Gasteiger partial charge in [-0.25, -0.2) is 0 Å². The number of rotatable bonds is 5. The molecule has 1 rings (SSSR count). The number of ether oxygens (including phenoxy) is 1. The molecule has 1 atom stereocenters. The largest absolute Gasteiger partial charge is 0.375 e. The Balaban J connectivity index is 2.44. The van der Waals surface area contributed by atoms with Crippen LogP contribution in [-0.2, 0) is 4.74 Å². The van der Waals surface area contributed by atoms with Gasteiger partial charge in [-0.15, -0.1) is 0 Å². The van der Waals surface area contributed by atoms with Crippen LogP contribution < -0.4 is 0 Å². The minimum absolute atomic E-state index is 0.248. The summed E-state index contributed by atoms with van der Waals surface area (Å²) in [5, 5.41) is 0. The van der Waals surface area contributed by atoms with Gasteiger partial charge in [-0.3, -0.25) is 0 Å². The van der Waals surface area contributed by atoms with E-state index in [4.69, 9.17) is 4.74 Å². The third-order valence-electron chi connectivity index (χ3n) is 3.14. The molecule has 0 aromatic heterocycles. The lowest BCUT2D eigenvalue weighted by Crippen LogP contribution is -2.30. The highest BCUT2D eigenvalue weighted by Crippen LogP contribution is 2.36. The van der Waals surface area contributed by atoms with E-state index in [1.807, 2.05) is 0 Å². The van der Waals surface area contributed by atoms with E-state index >= 15 is 0 Å². The fourth-order valence-electron chi connectivity index (χ4n) is 2.51. The van der Waals surface area contributed by atoms with Crippen molar-refractivity contribution in [3.05, 3.63) is 0 Å². The fraction of sp³-hybridized carbons (Fsp3) is 1.00. The molecule has 14 heavy (non-hydrogen) atoms. The molecule has 0 aliphatic carbocycles. The zero-order valence-corrected chi connectivity index (χ0v) is 10.3. The lowest BCUT2D eigenvalue weighted by molar-refractivity contribution is -0.0222. The molecule has 0 amide bonds. The van der Waals surface area contributed by atoms with Gasteiger partial charge in [-0.05, 0) is 43.9 Å². The van der Waals surface area contributed by atoms with Gasteiger partial charge in [0.05, 0.1) is 5.60 Å². The van der Waals surface area contributed by atoms with Crippen molar-refractivity contribution in [2.45, 2.75) is 65.4 Å². The molecule has 0 spiro atoms. The van der Waals surface area contributed by atoms with E-state index in [0.29, 0.717) is 0 Å². The van der Waals surface area contributed by atoms with Crippen molar-refractivity contribution in [2.75, 3.05) is 6.61 Å². The molecule has 0 aromatic rings. The van der Waals surface area contributed by atoms with Gasteiger partial charge in [0.15, 0.2) is 0 Å². The van der Waals surface area contributed by atoms with Crippen LogP contribution in [0.3, 0.4) is 0 Å². The summed E-state index contributed by atoms with van der Waals surface area (Å²) in [7, 11) is 0. The summed E-state index contributed by atoms with van der Waals surface area (Å²) in [6, 6.07) is 0. The van der Waals surface area contributed by atoms with Crippen LogP contribution in [-0.4, -0.2) is 12.2 Å². The van der Waals surface area contributed by atoms with Gasteiger partial charge in [-0.2, -0.15) is 0 Å². The standard InChI is InChI=1S/C13H26O/c1-11(2)6-8-13(10-12(3)4)7-5-9-14-13/h11-12H,5-10H2,1-4H3. The van der Waals surface area contributed by atoms with E-state index in [1.54, 1.807) is 0 Å². The molecule has 1 heterocycles. The van der Waals surface area contributed by atoms with Crippen LogP contribution in [0.1, 0.15) is 59.8 Å². The highest BCUT2D eigenvalue weighted by molar-refractivity contribution is 4.86. The van der Waals surface area contributed by atoms with Gasteiger partial charge in [0.2, 0.25) is 0 Å². The summed E-state index contributed by atoms with van der Waals surface area (Å²) in [6.07, 6.45) is 6.39. The van der Waals surface area contributed by atoms with Crippen LogP contribution >= 0.6 is 0 Å². The smallest absolute Gasteiger partial charge is 0.0686 e. The van der Waals surface area contributed by atoms with E-state index in [1.165, 1.54) is 32.1 Å². The highest BCUT2D eigenvalue weighted by atomic mass is 16.5. The summed E-state index contributed by atoms with van der Waals surface area (Å²) in [5.41, 5.74) is 0.248. The molecule has 0 radical (unpaired) electrons. The molecule has 84 valence electrons. The Hall–Kier alpha value is -0.0400. The summed E-state index contributed by atoms with van der Waals surface area (Å²) in [6.45, 7) is 10.2. The molecule has 1 saturated heterocycles. The molecule has 1 fully saturated rings. The molecule has 1 aliphatic rings. The average molecular weight is 198 g/mol. The van der Waals surface area contributed by atoms with Crippen LogP contribution in [0.2, 0.25) is 0 Å². The van der Waals surface area contributed by atoms with Crippen LogP contribution in [0.25, 0.3) is 0 Å². The summed E-state index contributed by atoms with van der Waals surface area (Å²) in [4.78, 5) is 0. The van der Waals surface area contributed by atoms with E-state index < -0.39 is 0 Å². The monoisotopic (exact) mass is 198 g/mol. The third-order valence-corrected chi connectivity index (χ3v) is 3.14. The molecule has 0 saturated carbocycles. The highest BCUT2D eigenvalue weighted by Gasteiger charge is 2.35. The Bertz CT molecular complexity index is 155. The molecule has 1 unspecified atom stereocenters. The Morgan fingerprint density at radius 3 is 2.29 bits per heavy atom. The van der Waals surface area contributed by atoms with E-state index in [0.717, 1.165) is 18.4 Å². The summed E-state index contributed by atoms with van der Waals surface area (Å²) in [5.74, 6) is 1.57. The minimum Gasteiger partial charge on any atom is -0.375 e. The number of hydrogen-bond donors (Lipinski definition) is 0. The maximum atomic E-state index is 6.00. The first-order chi connectivity index (χ1) is 6.54. The Kier molecular flexibility index (Phi) is 4.43. The Morgan fingerprint density at radius 1 is 1.14 bits per heavy atom. The molecule has 0 N–H and O–H groups in total. The summed E-state index contributed by atoms with van der Waals surface area (Å²) < 4.78 is 6.00. The first-order valence-corrected chi connectivity index (χ1v) is 6.18. The molecule has 1 aliphatic heterocycles. The van der Waals surface area contributed by atoms with Crippen molar-refractivity contribution in [1.29, 1.82) is 0 Å². The first-order valence-electron chi connectivity index (χ1n) is 6.18. The molecule has 0 bridgehead atoms. The molecule has 1 heteroatoms. The SMILES string of the molecule is CC(C)CCC1(CC(C)C)CCCO1. The predicted molar refractivity (Wildman–Crippen MR) is 61.4 cm³/mol. The summed E-state index contributed by atoms with van der Waals surface area (Å²) >= 11 is 0. The Morgan fingerprint density at radius 2 is 1.86 bits per heavy atom. The van der Waals surface area contributed by atoms with Gasteiger partial charge in [0.25, 0.3) is 0 Å². The van der Waals surface area contributed by atoms with Crippen molar-refractivity contribution >= 4 is 0 Å². The topological polar surface area (TPSA) is 9.23 Å². The number of hydrogen-bond acceptors (Lipinski definition) is 1.